The van der Waals surface area contributed by atoms with Crippen LogP contribution in [0.3, 0.4) is 0 Å². The zero-order chi connectivity index (χ0) is 11.0. The SMILES string of the molecule is C=C/C=C\C(=C/C=C)C(=S)SC(C)C. The molecular weight excluding hydrogens is 208 g/mol. The van der Waals surface area contributed by atoms with Gasteiger partial charge < -0.3 is 0 Å². The lowest BCUT2D eigenvalue weighted by Gasteiger charge is -2.06. The van der Waals surface area contributed by atoms with Crippen LogP contribution in [0.1, 0.15) is 13.8 Å². The van der Waals surface area contributed by atoms with E-state index < -0.39 is 0 Å². The third kappa shape index (κ3) is 5.95. The average Bonchev–Trinajstić information content (AvgIpc) is 2.10. The molecule has 14 heavy (non-hydrogen) atoms. The summed E-state index contributed by atoms with van der Waals surface area (Å²) in [4.78, 5) is 0. The summed E-state index contributed by atoms with van der Waals surface area (Å²) in [5.74, 6) is 0. The molecule has 76 valence electrons. The Balaban J connectivity index is 4.57. The lowest BCUT2D eigenvalue weighted by atomic mass is 10.2. The van der Waals surface area contributed by atoms with Crippen molar-refractivity contribution in [1.82, 2.24) is 0 Å². The van der Waals surface area contributed by atoms with Crippen molar-refractivity contribution >= 4 is 28.2 Å². The zero-order valence-corrected chi connectivity index (χ0v) is 10.3. The largest absolute Gasteiger partial charge is 0.111 e. The van der Waals surface area contributed by atoms with Crippen molar-refractivity contribution in [2.75, 3.05) is 0 Å². The third-order valence-electron chi connectivity index (χ3n) is 1.29. The molecule has 0 aliphatic heterocycles. The van der Waals surface area contributed by atoms with Crippen molar-refractivity contribution in [2.45, 2.75) is 19.1 Å². The molecule has 0 nitrogen and oxygen atoms in total. The molecule has 2 heteroatoms. The highest BCUT2D eigenvalue weighted by atomic mass is 32.2. The molecular formula is C12H16S2. The number of rotatable bonds is 5. The first-order chi connectivity index (χ1) is 6.61. The maximum atomic E-state index is 5.29. The number of hydrogen-bond donors (Lipinski definition) is 0. The molecule has 0 fully saturated rings. The summed E-state index contributed by atoms with van der Waals surface area (Å²) in [7, 11) is 0. The first-order valence-corrected chi connectivity index (χ1v) is 5.73. The van der Waals surface area contributed by atoms with Gasteiger partial charge in [-0.2, -0.15) is 0 Å². The summed E-state index contributed by atoms with van der Waals surface area (Å²) in [6.07, 6.45) is 9.22. The Labute approximate surface area is 96.5 Å². The molecule has 0 rings (SSSR count). The van der Waals surface area contributed by atoms with E-state index in [2.05, 4.69) is 27.0 Å². The third-order valence-corrected chi connectivity index (χ3v) is 2.73. The van der Waals surface area contributed by atoms with Crippen LogP contribution < -0.4 is 0 Å². The Hall–Kier alpha value is -0.600. The molecule has 0 bridgehead atoms. The Kier molecular flexibility index (Phi) is 7.44. The van der Waals surface area contributed by atoms with Gasteiger partial charge in [-0.15, -0.1) is 11.8 Å². The van der Waals surface area contributed by atoms with E-state index >= 15 is 0 Å². The molecule has 0 atom stereocenters. The summed E-state index contributed by atoms with van der Waals surface area (Å²) >= 11 is 6.97. The average molecular weight is 224 g/mol. The molecule has 0 heterocycles. The second kappa shape index (κ2) is 7.77. The zero-order valence-electron chi connectivity index (χ0n) is 8.69. The molecule has 0 N–H and O–H groups in total. The fraction of sp³-hybridized carbons (Fsp3) is 0.250. The van der Waals surface area contributed by atoms with Gasteiger partial charge in [-0.25, -0.2) is 0 Å². The van der Waals surface area contributed by atoms with E-state index in [1.807, 2.05) is 18.2 Å². The van der Waals surface area contributed by atoms with Gasteiger partial charge in [0.1, 0.15) is 0 Å². The molecule has 0 saturated carbocycles. The first kappa shape index (κ1) is 13.4. The van der Waals surface area contributed by atoms with Crippen molar-refractivity contribution in [3.8, 4) is 0 Å². The number of thiocarbonyl (C=S) groups is 1. The summed E-state index contributed by atoms with van der Waals surface area (Å²) in [5, 5.41) is 0.507. The van der Waals surface area contributed by atoms with Crippen molar-refractivity contribution in [1.29, 1.82) is 0 Å². The van der Waals surface area contributed by atoms with E-state index in [0.29, 0.717) is 5.25 Å². The number of thioether (sulfide) groups is 1. The normalized spacial score (nSPS) is 12.1. The second-order valence-electron chi connectivity index (χ2n) is 2.91. The van der Waals surface area contributed by atoms with Gasteiger partial charge in [0.25, 0.3) is 0 Å². The van der Waals surface area contributed by atoms with Crippen LogP contribution in [0.4, 0.5) is 0 Å². The number of allylic oxidation sites excluding steroid dienone is 5. The summed E-state index contributed by atoms with van der Waals surface area (Å²) in [6, 6.07) is 0. The van der Waals surface area contributed by atoms with E-state index in [1.165, 1.54) is 0 Å². The van der Waals surface area contributed by atoms with Crippen molar-refractivity contribution in [3.05, 3.63) is 49.1 Å². The van der Waals surface area contributed by atoms with Crippen LogP contribution in [0.2, 0.25) is 0 Å². The number of hydrogen-bond acceptors (Lipinski definition) is 2. The summed E-state index contributed by atoms with van der Waals surface area (Å²) in [5.41, 5.74) is 1.02. The maximum Gasteiger partial charge on any atom is 0.0780 e. The van der Waals surface area contributed by atoms with Gasteiger partial charge in [0.2, 0.25) is 0 Å². The van der Waals surface area contributed by atoms with E-state index in [0.717, 1.165) is 9.77 Å². The van der Waals surface area contributed by atoms with E-state index in [4.69, 9.17) is 12.2 Å². The highest BCUT2D eigenvalue weighted by Crippen LogP contribution is 2.19. The van der Waals surface area contributed by atoms with Crippen LogP contribution in [0.25, 0.3) is 0 Å². The highest BCUT2D eigenvalue weighted by molar-refractivity contribution is 8.24. The minimum Gasteiger partial charge on any atom is -0.111 e. The Morgan fingerprint density at radius 2 is 1.93 bits per heavy atom. The van der Waals surface area contributed by atoms with E-state index in [-0.39, 0.29) is 0 Å². The standard InChI is InChI=1S/C12H16S2/c1-5-7-9-11(8-6-2)12(13)14-10(3)4/h5-10H,1-2H2,3-4H3/b9-7-,11-8+. The molecule has 0 aliphatic carbocycles. The van der Waals surface area contributed by atoms with Crippen molar-refractivity contribution in [2.24, 2.45) is 0 Å². The molecule has 0 aromatic carbocycles. The van der Waals surface area contributed by atoms with Crippen molar-refractivity contribution < 1.29 is 0 Å². The van der Waals surface area contributed by atoms with Crippen LogP contribution in [0.15, 0.2) is 49.1 Å². The Morgan fingerprint density at radius 3 is 2.36 bits per heavy atom. The Bertz CT molecular complexity index is 270. The van der Waals surface area contributed by atoms with Crippen LogP contribution in [-0.2, 0) is 0 Å². The predicted molar refractivity (Wildman–Crippen MR) is 72.9 cm³/mol. The van der Waals surface area contributed by atoms with E-state index in [1.54, 1.807) is 23.9 Å². The maximum absolute atomic E-state index is 5.29. The lowest BCUT2D eigenvalue weighted by Crippen LogP contribution is -1.97. The van der Waals surface area contributed by atoms with Gasteiger partial charge in [-0.05, 0) is 5.57 Å². The quantitative estimate of drug-likeness (QED) is 0.388. The fourth-order valence-electron chi connectivity index (χ4n) is 0.772. The monoisotopic (exact) mass is 224 g/mol. The molecule has 0 radical (unpaired) electrons. The van der Waals surface area contributed by atoms with Gasteiger partial charge >= 0.3 is 0 Å². The fourth-order valence-corrected chi connectivity index (χ4v) is 2.19. The van der Waals surface area contributed by atoms with Crippen LogP contribution >= 0.6 is 24.0 Å². The van der Waals surface area contributed by atoms with Gasteiger partial charge in [-0.3, -0.25) is 0 Å². The highest BCUT2D eigenvalue weighted by Gasteiger charge is 2.03. The molecule has 0 aromatic rings. The minimum absolute atomic E-state index is 0.507. The Morgan fingerprint density at radius 1 is 1.29 bits per heavy atom. The van der Waals surface area contributed by atoms with Crippen molar-refractivity contribution in [3.63, 3.8) is 0 Å². The van der Waals surface area contributed by atoms with Crippen LogP contribution in [0, 0.1) is 0 Å². The van der Waals surface area contributed by atoms with E-state index in [9.17, 15) is 0 Å². The molecule has 0 unspecified atom stereocenters. The molecule has 0 saturated heterocycles. The van der Waals surface area contributed by atoms with Crippen LogP contribution in [0.5, 0.6) is 0 Å². The van der Waals surface area contributed by atoms with Gasteiger partial charge in [-0.1, -0.05) is 69.6 Å². The predicted octanol–water partition coefficient (Wildman–Crippen LogP) is 4.31. The smallest absolute Gasteiger partial charge is 0.0780 e. The molecule has 0 spiro atoms. The molecule has 0 amide bonds. The lowest BCUT2D eigenvalue weighted by molar-refractivity contribution is 1.12. The van der Waals surface area contributed by atoms with Gasteiger partial charge in [0, 0.05) is 5.25 Å². The van der Waals surface area contributed by atoms with Gasteiger partial charge in [0.15, 0.2) is 0 Å². The topological polar surface area (TPSA) is 0 Å². The molecule has 0 aliphatic rings. The second-order valence-corrected chi connectivity index (χ2v) is 5.16. The molecule has 0 aromatic heterocycles. The summed E-state index contributed by atoms with van der Waals surface area (Å²) in [6.45, 7) is 11.5. The summed E-state index contributed by atoms with van der Waals surface area (Å²) < 4.78 is 0.901. The first-order valence-electron chi connectivity index (χ1n) is 4.44. The van der Waals surface area contributed by atoms with Gasteiger partial charge in [0.05, 0.1) is 4.20 Å². The minimum atomic E-state index is 0.507. The van der Waals surface area contributed by atoms with Crippen LogP contribution in [-0.4, -0.2) is 9.45 Å².